The Hall–Kier alpha value is -0.580. The van der Waals surface area contributed by atoms with E-state index in [1.807, 2.05) is 6.07 Å². The van der Waals surface area contributed by atoms with E-state index in [0.29, 0.717) is 24.0 Å². The van der Waals surface area contributed by atoms with Crippen molar-refractivity contribution in [1.82, 2.24) is 5.32 Å². The number of methoxy groups -OCH3 is 1. The Morgan fingerprint density at radius 3 is 2.48 bits per heavy atom. The molecule has 0 spiro atoms. The van der Waals surface area contributed by atoms with Gasteiger partial charge in [0.25, 0.3) is 0 Å². The monoisotopic (exact) mass is 355 g/mol. The van der Waals surface area contributed by atoms with Crippen molar-refractivity contribution >= 4 is 15.9 Å². The summed E-state index contributed by atoms with van der Waals surface area (Å²) in [5, 5.41) is 3.65. The van der Waals surface area contributed by atoms with Crippen LogP contribution >= 0.6 is 15.9 Å². The summed E-state index contributed by atoms with van der Waals surface area (Å²) in [6.07, 6.45) is 0.577. The first-order valence-electron chi connectivity index (χ1n) is 7.71. The Morgan fingerprint density at radius 2 is 2.00 bits per heavy atom. The van der Waals surface area contributed by atoms with Crippen molar-refractivity contribution in [3.8, 4) is 5.75 Å². The van der Waals surface area contributed by atoms with Gasteiger partial charge in [0, 0.05) is 12.0 Å². The van der Waals surface area contributed by atoms with Gasteiger partial charge < -0.3 is 14.8 Å². The van der Waals surface area contributed by atoms with Crippen molar-refractivity contribution in [3.05, 3.63) is 28.2 Å². The molecule has 5 atom stereocenters. The molecule has 1 aromatic carbocycles. The van der Waals surface area contributed by atoms with E-state index in [-0.39, 0.29) is 6.10 Å². The smallest absolute Gasteiger partial charge is 0.133 e. The highest BCUT2D eigenvalue weighted by Crippen LogP contribution is 2.41. The van der Waals surface area contributed by atoms with Crippen molar-refractivity contribution in [2.45, 2.75) is 45.9 Å². The molecule has 1 heterocycles. The third-order valence-corrected chi connectivity index (χ3v) is 5.28. The zero-order valence-electron chi connectivity index (χ0n) is 13.5. The van der Waals surface area contributed by atoms with E-state index >= 15 is 0 Å². The maximum Gasteiger partial charge on any atom is 0.133 e. The van der Waals surface area contributed by atoms with Gasteiger partial charge in [-0.15, -0.1) is 0 Å². The predicted molar refractivity (Wildman–Crippen MR) is 89.8 cm³/mol. The van der Waals surface area contributed by atoms with E-state index in [2.05, 4.69) is 61.1 Å². The highest BCUT2D eigenvalue weighted by Gasteiger charge is 2.41. The fourth-order valence-corrected chi connectivity index (χ4v) is 4.00. The molecule has 0 radical (unpaired) electrons. The summed E-state index contributed by atoms with van der Waals surface area (Å²) in [6.45, 7) is 9.75. The standard InChI is InChI=1S/C17H26BrNO2/c1-6-19-17(16-10(2)11(3)21-12(16)4)13-7-8-15(20-5)14(18)9-13/h7-12,16-17,19H,6H2,1-5H3. The molecule has 2 rings (SSSR count). The van der Waals surface area contributed by atoms with Crippen LogP contribution in [0.25, 0.3) is 0 Å². The third kappa shape index (κ3) is 3.43. The van der Waals surface area contributed by atoms with Crippen molar-refractivity contribution in [1.29, 1.82) is 0 Å². The maximum atomic E-state index is 6.03. The zero-order chi connectivity index (χ0) is 15.6. The Morgan fingerprint density at radius 1 is 1.29 bits per heavy atom. The predicted octanol–water partition coefficient (Wildman–Crippen LogP) is 4.17. The molecule has 0 bridgehead atoms. The van der Waals surface area contributed by atoms with Gasteiger partial charge in [-0.05, 0) is 59.9 Å². The summed E-state index contributed by atoms with van der Waals surface area (Å²) >= 11 is 3.59. The lowest BCUT2D eigenvalue weighted by molar-refractivity contribution is 0.0475. The maximum absolute atomic E-state index is 6.03. The Kier molecular flexibility index (Phi) is 5.69. The second-order valence-corrected chi connectivity index (χ2v) is 6.77. The van der Waals surface area contributed by atoms with Crippen molar-refractivity contribution in [3.63, 3.8) is 0 Å². The van der Waals surface area contributed by atoms with Gasteiger partial charge in [-0.3, -0.25) is 0 Å². The van der Waals surface area contributed by atoms with Crippen LogP contribution in [0.3, 0.4) is 0 Å². The van der Waals surface area contributed by atoms with Crippen LogP contribution in [0.4, 0.5) is 0 Å². The van der Waals surface area contributed by atoms with Gasteiger partial charge in [-0.2, -0.15) is 0 Å². The summed E-state index contributed by atoms with van der Waals surface area (Å²) in [6, 6.07) is 6.64. The van der Waals surface area contributed by atoms with Crippen molar-refractivity contribution in [2.75, 3.05) is 13.7 Å². The van der Waals surface area contributed by atoms with Crippen molar-refractivity contribution < 1.29 is 9.47 Å². The average molecular weight is 356 g/mol. The molecule has 1 fully saturated rings. The number of hydrogen-bond acceptors (Lipinski definition) is 3. The second kappa shape index (κ2) is 7.12. The van der Waals surface area contributed by atoms with Crippen LogP contribution in [0.2, 0.25) is 0 Å². The lowest BCUT2D eigenvalue weighted by Gasteiger charge is -2.30. The number of ether oxygens (including phenoxy) is 2. The van der Waals surface area contributed by atoms with Crippen molar-refractivity contribution in [2.24, 2.45) is 11.8 Å². The number of hydrogen-bond donors (Lipinski definition) is 1. The van der Waals surface area contributed by atoms with Crippen LogP contribution in [0, 0.1) is 11.8 Å². The SMILES string of the molecule is CCNC(c1ccc(OC)c(Br)c1)C1C(C)OC(C)C1C. The van der Waals surface area contributed by atoms with Crippen LogP contribution in [0.1, 0.15) is 39.3 Å². The third-order valence-electron chi connectivity index (χ3n) is 4.66. The van der Waals surface area contributed by atoms with Gasteiger partial charge in [0.15, 0.2) is 0 Å². The Labute approximate surface area is 136 Å². The van der Waals surface area contributed by atoms with E-state index in [0.717, 1.165) is 16.8 Å². The molecule has 118 valence electrons. The highest BCUT2D eigenvalue weighted by molar-refractivity contribution is 9.10. The van der Waals surface area contributed by atoms with E-state index in [1.54, 1.807) is 7.11 Å². The first kappa shape index (κ1) is 16.8. The molecule has 1 aliphatic heterocycles. The van der Waals surface area contributed by atoms with Gasteiger partial charge in [0.1, 0.15) is 5.75 Å². The lowest BCUT2D eigenvalue weighted by Crippen LogP contribution is -2.35. The molecular formula is C17H26BrNO2. The Bertz CT molecular complexity index is 480. The minimum atomic E-state index is 0.264. The van der Waals surface area contributed by atoms with Crippen LogP contribution in [-0.2, 0) is 4.74 Å². The topological polar surface area (TPSA) is 30.5 Å². The highest BCUT2D eigenvalue weighted by atomic mass is 79.9. The van der Waals surface area contributed by atoms with Gasteiger partial charge in [-0.25, -0.2) is 0 Å². The van der Waals surface area contributed by atoms with Crippen LogP contribution < -0.4 is 10.1 Å². The minimum absolute atomic E-state index is 0.264. The fraction of sp³-hybridized carbons (Fsp3) is 0.647. The molecule has 5 unspecified atom stereocenters. The molecular weight excluding hydrogens is 330 g/mol. The zero-order valence-corrected chi connectivity index (χ0v) is 15.1. The molecule has 0 aliphatic carbocycles. The number of nitrogens with one attached hydrogen (secondary N) is 1. The summed E-state index contributed by atoms with van der Waals surface area (Å²) in [7, 11) is 1.69. The first-order chi connectivity index (χ1) is 9.99. The lowest BCUT2D eigenvalue weighted by atomic mass is 9.80. The van der Waals surface area contributed by atoms with Gasteiger partial charge in [0.2, 0.25) is 0 Å². The Balaban J connectivity index is 2.32. The number of rotatable bonds is 5. The fourth-order valence-electron chi connectivity index (χ4n) is 3.44. The molecule has 0 aromatic heterocycles. The van der Waals surface area contributed by atoms with Crippen LogP contribution in [0.5, 0.6) is 5.75 Å². The molecule has 4 heteroatoms. The largest absolute Gasteiger partial charge is 0.496 e. The molecule has 1 aliphatic rings. The summed E-state index contributed by atoms with van der Waals surface area (Å²) in [4.78, 5) is 0. The molecule has 1 N–H and O–H groups in total. The molecule has 0 saturated carbocycles. The minimum Gasteiger partial charge on any atom is -0.496 e. The van der Waals surface area contributed by atoms with E-state index in [1.165, 1.54) is 5.56 Å². The van der Waals surface area contributed by atoms with Crippen LogP contribution in [0.15, 0.2) is 22.7 Å². The number of halogens is 1. The van der Waals surface area contributed by atoms with Crippen LogP contribution in [-0.4, -0.2) is 25.9 Å². The van der Waals surface area contributed by atoms with E-state index in [4.69, 9.17) is 9.47 Å². The summed E-state index contributed by atoms with van der Waals surface area (Å²) in [5.41, 5.74) is 1.28. The van der Waals surface area contributed by atoms with E-state index < -0.39 is 0 Å². The first-order valence-corrected chi connectivity index (χ1v) is 8.51. The second-order valence-electron chi connectivity index (χ2n) is 5.91. The quantitative estimate of drug-likeness (QED) is 0.859. The normalized spacial score (nSPS) is 30.4. The summed E-state index contributed by atoms with van der Waals surface area (Å²) in [5.74, 6) is 1.87. The van der Waals surface area contributed by atoms with E-state index in [9.17, 15) is 0 Å². The number of benzene rings is 1. The van der Waals surface area contributed by atoms with Gasteiger partial charge in [0.05, 0.1) is 23.8 Å². The molecule has 1 saturated heterocycles. The van der Waals surface area contributed by atoms with Gasteiger partial charge >= 0.3 is 0 Å². The average Bonchev–Trinajstić information content (AvgIpc) is 2.70. The van der Waals surface area contributed by atoms with Gasteiger partial charge in [-0.1, -0.05) is 19.9 Å². The molecule has 1 aromatic rings. The molecule has 21 heavy (non-hydrogen) atoms. The summed E-state index contributed by atoms with van der Waals surface area (Å²) < 4.78 is 12.4. The molecule has 0 amide bonds. The molecule has 3 nitrogen and oxygen atoms in total.